The lowest BCUT2D eigenvalue weighted by atomic mass is 9.98. The van der Waals surface area contributed by atoms with Gasteiger partial charge in [-0.2, -0.15) is 0 Å². The molecule has 3 rings (SSSR count). The summed E-state index contributed by atoms with van der Waals surface area (Å²) >= 11 is 0. The maximum absolute atomic E-state index is 12.4. The van der Waals surface area contributed by atoms with Crippen LogP contribution in [0.15, 0.2) is 33.6 Å². The van der Waals surface area contributed by atoms with Crippen molar-refractivity contribution in [2.24, 2.45) is 5.92 Å². The van der Waals surface area contributed by atoms with E-state index >= 15 is 0 Å². The van der Waals surface area contributed by atoms with Gasteiger partial charge in [-0.1, -0.05) is 17.7 Å². The molecule has 27 heavy (non-hydrogen) atoms. The van der Waals surface area contributed by atoms with Crippen molar-refractivity contribution >= 4 is 15.9 Å². The lowest BCUT2D eigenvalue weighted by Gasteiger charge is -2.32. The monoisotopic (exact) mass is 392 g/mol. The van der Waals surface area contributed by atoms with Crippen LogP contribution in [0.3, 0.4) is 0 Å². The molecule has 1 amide bonds. The van der Waals surface area contributed by atoms with Crippen molar-refractivity contribution in [3.05, 3.63) is 41.6 Å². The Bertz CT molecular complexity index is 892. The Morgan fingerprint density at radius 1 is 1.26 bits per heavy atom. The van der Waals surface area contributed by atoms with Crippen molar-refractivity contribution in [2.45, 2.75) is 38.0 Å². The van der Waals surface area contributed by atoms with E-state index in [2.05, 4.69) is 14.9 Å². The maximum Gasteiger partial charge on any atom is 0.240 e. The van der Waals surface area contributed by atoms with Crippen molar-refractivity contribution < 1.29 is 17.6 Å². The molecule has 1 unspecified atom stereocenters. The molecule has 2 heterocycles. The first-order valence-corrected chi connectivity index (χ1v) is 10.4. The van der Waals surface area contributed by atoms with Crippen LogP contribution >= 0.6 is 0 Å². The molecule has 1 fully saturated rings. The molecule has 146 valence electrons. The summed E-state index contributed by atoms with van der Waals surface area (Å²) in [5.74, 6) is 0.733. The summed E-state index contributed by atoms with van der Waals surface area (Å²) < 4.78 is 32.8. The van der Waals surface area contributed by atoms with Gasteiger partial charge in [0, 0.05) is 26.6 Å². The number of carbonyl (C=O) groups is 1. The summed E-state index contributed by atoms with van der Waals surface area (Å²) in [6.07, 6.45) is 1.79. The van der Waals surface area contributed by atoms with Gasteiger partial charge in [-0.05, 0) is 37.8 Å². The van der Waals surface area contributed by atoms with E-state index in [-0.39, 0.29) is 23.1 Å². The quantitative estimate of drug-likeness (QED) is 0.798. The number of carbonyl (C=O) groups excluding carboxylic acids is 1. The van der Waals surface area contributed by atoms with E-state index in [1.165, 1.54) is 0 Å². The number of hydrogen-bond acceptors (Lipinski definition) is 6. The Labute approximate surface area is 159 Å². The van der Waals surface area contributed by atoms with Crippen LogP contribution in [0, 0.1) is 19.8 Å². The van der Waals surface area contributed by atoms with Crippen LogP contribution in [0.2, 0.25) is 0 Å². The van der Waals surface area contributed by atoms with E-state index < -0.39 is 10.0 Å². The van der Waals surface area contributed by atoms with Crippen molar-refractivity contribution in [3.63, 3.8) is 0 Å². The Kier molecular flexibility index (Phi) is 5.91. The molecule has 8 nitrogen and oxygen atoms in total. The fourth-order valence-corrected chi connectivity index (χ4v) is 4.25. The summed E-state index contributed by atoms with van der Waals surface area (Å²) in [6, 6.07) is 6.74. The Morgan fingerprint density at radius 3 is 2.67 bits per heavy atom. The highest BCUT2D eigenvalue weighted by atomic mass is 32.2. The van der Waals surface area contributed by atoms with Crippen molar-refractivity contribution in [1.82, 2.24) is 19.8 Å². The van der Waals surface area contributed by atoms with Gasteiger partial charge in [-0.15, -0.1) is 10.2 Å². The molecule has 1 aromatic heterocycles. The predicted molar refractivity (Wildman–Crippen MR) is 98.4 cm³/mol. The second-order valence-electron chi connectivity index (χ2n) is 6.90. The summed E-state index contributed by atoms with van der Waals surface area (Å²) in [6.45, 7) is 5.07. The number of aromatic nitrogens is 2. The fourth-order valence-electron chi connectivity index (χ4n) is 3.14. The van der Waals surface area contributed by atoms with Crippen LogP contribution in [0.5, 0.6) is 0 Å². The van der Waals surface area contributed by atoms with Crippen LogP contribution < -0.4 is 4.72 Å². The molecule has 1 aliphatic rings. The van der Waals surface area contributed by atoms with Crippen LogP contribution in [-0.2, 0) is 21.2 Å². The average Bonchev–Trinajstić information content (AvgIpc) is 3.05. The van der Waals surface area contributed by atoms with Crippen LogP contribution in [0.1, 0.15) is 30.2 Å². The lowest BCUT2D eigenvalue weighted by molar-refractivity contribution is -0.132. The van der Waals surface area contributed by atoms with Gasteiger partial charge in [-0.25, -0.2) is 13.1 Å². The first kappa shape index (κ1) is 19.5. The van der Waals surface area contributed by atoms with Gasteiger partial charge in [-0.3, -0.25) is 4.79 Å². The number of rotatable bonds is 6. The highest BCUT2D eigenvalue weighted by molar-refractivity contribution is 7.89. The number of hydrogen-bond donors (Lipinski definition) is 1. The van der Waals surface area contributed by atoms with E-state index in [4.69, 9.17) is 4.42 Å². The minimum atomic E-state index is -3.55. The van der Waals surface area contributed by atoms with Gasteiger partial charge in [0.15, 0.2) is 0 Å². The highest BCUT2D eigenvalue weighted by Crippen LogP contribution is 2.18. The molecule has 0 spiro atoms. The molecule has 1 aromatic carbocycles. The largest absolute Gasteiger partial charge is 0.425 e. The van der Waals surface area contributed by atoms with Crippen LogP contribution in [0.25, 0.3) is 0 Å². The van der Waals surface area contributed by atoms with Crippen molar-refractivity contribution in [2.75, 3.05) is 19.6 Å². The summed E-state index contributed by atoms with van der Waals surface area (Å²) in [5, 5.41) is 7.58. The molecule has 9 heteroatoms. The van der Waals surface area contributed by atoms with Crippen molar-refractivity contribution in [1.29, 1.82) is 0 Å². The second-order valence-corrected chi connectivity index (χ2v) is 8.67. The van der Waals surface area contributed by atoms with Gasteiger partial charge in [0.05, 0.1) is 4.90 Å². The fraction of sp³-hybridized carbons (Fsp3) is 0.500. The molecule has 1 atom stereocenters. The molecular weight excluding hydrogens is 368 g/mol. The molecule has 0 radical (unpaired) electrons. The second kappa shape index (κ2) is 8.18. The zero-order chi connectivity index (χ0) is 19.4. The Balaban J connectivity index is 1.55. The number of aryl methyl sites for hydroxylation is 2. The summed E-state index contributed by atoms with van der Waals surface area (Å²) in [7, 11) is -3.55. The van der Waals surface area contributed by atoms with Crippen molar-refractivity contribution in [3.8, 4) is 0 Å². The first-order valence-electron chi connectivity index (χ1n) is 8.96. The standard InChI is InChI=1S/C18H24N4O4S/c1-13-5-7-16(8-6-13)27(24,25)19-11-15-4-3-9-22(12-15)18(23)10-17-21-20-14(2)26-17/h5-8,15,19H,3-4,9-12H2,1-2H3. The van der Waals surface area contributed by atoms with E-state index in [0.717, 1.165) is 18.4 Å². The number of sulfonamides is 1. The number of nitrogens with zero attached hydrogens (tertiary/aromatic N) is 3. The summed E-state index contributed by atoms with van der Waals surface area (Å²) in [5.41, 5.74) is 1.01. The predicted octanol–water partition coefficient (Wildman–Crippen LogP) is 1.45. The van der Waals surface area contributed by atoms with Crippen LogP contribution in [0.4, 0.5) is 0 Å². The SMILES string of the molecule is Cc1ccc(S(=O)(=O)NCC2CCCN(C(=O)Cc3nnc(C)o3)C2)cc1. The molecule has 0 aliphatic carbocycles. The lowest BCUT2D eigenvalue weighted by Crippen LogP contribution is -2.44. The van der Waals surface area contributed by atoms with Gasteiger partial charge in [0.1, 0.15) is 6.42 Å². The zero-order valence-corrected chi connectivity index (χ0v) is 16.3. The molecule has 1 N–H and O–H groups in total. The van der Waals surface area contributed by atoms with E-state index in [1.807, 2.05) is 6.92 Å². The minimum Gasteiger partial charge on any atom is -0.425 e. The van der Waals surface area contributed by atoms with E-state index in [1.54, 1.807) is 36.1 Å². The topological polar surface area (TPSA) is 105 Å². The Morgan fingerprint density at radius 2 is 2.00 bits per heavy atom. The smallest absolute Gasteiger partial charge is 0.240 e. The minimum absolute atomic E-state index is 0.0721. The number of amides is 1. The zero-order valence-electron chi connectivity index (χ0n) is 15.5. The van der Waals surface area contributed by atoms with E-state index in [9.17, 15) is 13.2 Å². The molecule has 1 saturated heterocycles. The number of likely N-dealkylation sites (tertiary alicyclic amines) is 1. The van der Waals surface area contributed by atoms with Gasteiger partial charge >= 0.3 is 0 Å². The highest BCUT2D eigenvalue weighted by Gasteiger charge is 2.26. The third-order valence-electron chi connectivity index (χ3n) is 4.64. The van der Waals surface area contributed by atoms with Gasteiger partial charge in [0.25, 0.3) is 0 Å². The molecule has 0 saturated carbocycles. The van der Waals surface area contributed by atoms with Gasteiger partial charge < -0.3 is 9.32 Å². The number of nitrogens with one attached hydrogen (secondary N) is 1. The summed E-state index contributed by atoms with van der Waals surface area (Å²) in [4.78, 5) is 14.4. The first-order chi connectivity index (χ1) is 12.8. The van der Waals surface area contributed by atoms with E-state index in [0.29, 0.717) is 31.4 Å². The molecule has 1 aliphatic heterocycles. The molecule has 2 aromatic rings. The molecule has 0 bridgehead atoms. The van der Waals surface area contributed by atoms with Crippen LogP contribution in [-0.4, -0.2) is 49.1 Å². The average molecular weight is 392 g/mol. The molecular formula is C18H24N4O4S. The number of benzene rings is 1. The maximum atomic E-state index is 12.4. The van der Waals surface area contributed by atoms with Gasteiger partial charge in [0.2, 0.25) is 27.7 Å². The third-order valence-corrected chi connectivity index (χ3v) is 6.07. The Hall–Kier alpha value is -2.26. The third kappa shape index (κ3) is 5.14. The normalized spacial score (nSPS) is 17.9. The number of piperidine rings is 1.